The molecule has 1 aliphatic heterocycles. The van der Waals surface area contributed by atoms with Gasteiger partial charge in [-0.3, -0.25) is 9.69 Å². The van der Waals surface area contributed by atoms with Crippen LogP contribution in [-0.4, -0.2) is 23.9 Å². The van der Waals surface area contributed by atoms with Gasteiger partial charge in [0.1, 0.15) is 5.82 Å². The molecule has 1 heterocycles. The molecular weight excluding hydrogens is 315 g/mol. The van der Waals surface area contributed by atoms with Gasteiger partial charge in [-0.2, -0.15) is 0 Å². The third-order valence-electron chi connectivity index (χ3n) is 4.46. The van der Waals surface area contributed by atoms with E-state index in [-0.39, 0.29) is 11.7 Å². The lowest BCUT2D eigenvalue weighted by atomic mass is 10.1. The maximum atomic E-state index is 12.9. The molecule has 1 amide bonds. The molecule has 0 bridgehead atoms. The fourth-order valence-electron chi connectivity index (χ4n) is 3.05. The maximum absolute atomic E-state index is 12.9. The molecule has 0 unspecified atom stereocenters. The Morgan fingerprint density at radius 1 is 1.04 bits per heavy atom. The van der Waals surface area contributed by atoms with Crippen molar-refractivity contribution in [2.24, 2.45) is 0 Å². The number of likely N-dealkylation sites (tertiary alicyclic amines) is 1. The van der Waals surface area contributed by atoms with E-state index in [4.69, 9.17) is 0 Å². The largest absolute Gasteiger partial charge is 0.348 e. The summed E-state index contributed by atoms with van der Waals surface area (Å²) < 4.78 is 12.9. The van der Waals surface area contributed by atoms with Gasteiger partial charge in [-0.25, -0.2) is 4.39 Å². The zero-order chi connectivity index (χ0) is 17.5. The molecular formula is C21H23FN2O. The highest BCUT2D eigenvalue weighted by Gasteiger charge is 2.13. The standard InChI is InChI=1S/C21H23FN2O/c22-20-10-7-17(8-11-20)9-12-21(25)23-15-18-5-1-2-6-19(18)16-24-13-3-4-14-24/h1-2,5-12H,3-4,13-16H2,(H,23,25). The number of amides is 1. The van der Waals surface area contributed by atoms with Gasteiger partial charge in [-0.05, 0) is 60.8 Å². The second-order valence-electron chi connectivity index (χ2n) is 6.35. The first-order valence-corrected chi connectivity index (χ1v) is 8.71. The zero-order valence-corrected chi connectivity index (χ0v) is 14.2. The van der Waals surface area contributed by atoms with E-state index in [1.54, 1.807) is 18.2 Å². The monoisotopic (exact) mass is 338 g/mol. The van der Waals surface area contributed by atoms with Gasteiger partial charge in [0.05, 0.1) is 0 Å². The Morgan fingerprint density at radius 2 is 1.72 bits per heavy atom. The predicted molar refractivity (Wildman–Crippen MR) is 98.2 cm³/mol. The van der Waals surface area contributed by atoms with Gasteiger partial charge in [0, 0.05) is 19.2 Å². The zero-order valence-electron chi connectivity index (χ0n) is 14.2. The van der Waals surface area contributed by atoms with E-state index in [1.165, 1.54) is 36.6 Å². The fourth-order valence-corrected chi connectivity index (χ4v) is 3.05. The number of hydrogen-bond donors (Lipinski definition) is 1. The molecule has 4 heteroatoms. The van der Waals surface area contributed by atoms with E-state index in [9.17, 15) is 9.18 Å². The van der Waals surface area contributed by atoms with Crippen molar-refractivity contribution in [3.8, 4) is 0 Å². The summed E-state index contributed by atoms with van der Waals surface area (Å²) in [5.74, 6) is -0.434. The number of halogens is 1. The van der Waals surface area contributed by atoms with Crippen LogP contribution in [0, 0.1) is 5.82 Å². The first kappa shape index (κ1) is 17.4. The molecule has 1 fully saturated rings. The van der Waals surface area contributed by atoms with Crippen molar-refractivity contribution >= 4 is 12.0 Å². The van der Waals surface area contributed by atoms with E-state index >= 15 is 0 Å². The SMILES string of the molecule is O=C(C=Cc1ccc(F)cc1)NCc1ccccc1CN1CCCC1. The Labute approximate surface area is 148 Å². The van der Waals surface area contributed by atoms with E-state index in [2.05, 4.69) is 22.3 Å². The Balaban J connectivity index is 1.55. The van der Waals surface area contributed by atoms with Crippen LogP contribution >= 0.6 is 0 Å². The average Bonchev–Trinajstić information content (AvgIpc) is 3.13. The van der Waals surface area contributed by atoms with Crippen LogP contribution in [0.25, 0.3) is 6.08 Å². The van der Waals surface area contributed by atoms with Crippen molar-refractivity contribution in [2.75, 3.05) is 13.1 Å². The summed E-state index contributed by atoms with van der Waals surface area (Å²) in [5, 5.41) is 2.93. The minimum absolute atomic E-state index is 0.152. The van der Waals surface area contributed by atoms with E-state index in [1.807, 2.05) is 12.1 Å². The summed E-state index contributed by atoms with van der Waals surface area (Å²) in [6.45, 7) is 3.76. The molecule has 1 saturated heterocycles. The lowest BCUT2D eigenvalue weighted by Crippen LogP contribution is -2.23. The molecule has 0 spiro atoms. The molecule has 0 saturated carbocycles. The lowest BCUT2D eigenvalue weighted by Gasteiger charge is -2.17. The van der Waals surface area contributed by atoms with Crippen molar-refractivity contribution in [1.82, 2.24) is 10.2 Å². The Hall–Kier alpha value is -2.46. The van der Waals surface area contributed by atoms with Gasteiger partial charge in [0.25, 0.3) is 0 Å². The van der Waals surface area contributed by atoms with Crippen molar-refractivity contribution < 1.29 is 9.18 Å². The number of benzene rings is 2. The Kier molecular flexibility index (Phi) is 5.96. The highest BCUT2D eigenvalue weighted by Crippen LogP contribution is 2.16. The number of carbonyl (C=O) groups is 1. The van der Waals surface area contributed by atoms with Crippen LogP contribution in [0.5, 0.6) is 0 Å². The second-order valence-corrected chi connectivity index (χ2v) is 6.35. The fraction of sp³-hybridized carbons (Fsp3) is 0.286. The molecule has 3 nitrogen and oxygen atoms in total. The number of nitrogens with one attached hydrogen (secondary N) is 1. The van der Waals surface area contributed by atoms with Crippen LogP contribution in [0.1, 0.15) is 29.5 Å². The van der Waals surface area contributed by atoms with Crippen molar-refractivity contribution in [2.45, 2.75) is 25.9 Å². The van der Waals surface area contributed by atoms with Crippen molar-refractivity contribution in [3.05, 3.63) is 77.1 Å². The molecule has 0 radical (unpaired) electrons. The number of hydrogen-bond acceptors (Lipinski definition) is 2. The van der Waals surface area contributed by atoms with E-state index in [0.717, 1.165) is 30.8 Å². The molecule has 1 aliphatic rings. The first-order valence-electron chi connectivity index (χ1n) is 8.71. The van der Waals surface area contributed by atoms with Crippen LogP contribution < -0.4 is 5.32 Å². The molecule has 0 atom stereocenters. The topological polar surface area (TPSA) is 32.3 Å². The van der Waals surface area contributed by atoms with Crippen LogP contribution in [0.15, 0.2) is 54.6 Å². The molecule has 25 heavy (non-hydrogen) atoms. The first-order chi connectivity index (χ1) is 12.2. The van der Waals surface area contributed by atoms with Gasteiger partial charge in [-0.1, -0.05) is 36.4 Å². The molecule has 2 aromatic rings. The molecule has 3 rings (SSSR count). The van der Waals surface area contributed by atoms with E-state index in [0.29, 0.717) is 6.54 Å². The second kappa shape index (κ2) is 8.58. The maximum Gasteiger partial charge on any atom is 0.244 e. The molecule has 0 aromatic heterocycles. The molecule has 0 aliphatic carbocycles. The summed E-state index contributed by atoms with van der Waals surface area (Å²) in [6, 6.07) is 14.3. The van der Waals surface area contributed by atoms with Gasteiger partial charge in [0.15, 0.2) is 0 Å². The molecule has 2 aromatic carbocycles. The average molecular weight is 338 g/mol. The van der Waals surface area contributed by atoms with Crippen LogP contribution in [0.4, 0.5) is 4.39 Å². The number of rotatable bonds is 6. The minimum atomic E-state index is -0.281. The summed E-state index contributed by atoms with van der Waals surface area (Å²) in [7, 11) is 0. The quantitative estimate of drug-likeness (QED) is 0.814. The smallest absolute Gasteiger partial charge is 0.244 e. The Morgan fingerprint density at radius 3 is 2.44 bits per heavy atom. The van der Waals surface area contributed by atoms with Gasteiger partial charge in [-0.15, -0.1) is 0 Å². The van der Waals surface area contributed by atoms with Crippen LogP contribution in [0.3, 0.4) is 0 Å². The highest BCUT2D eigenvalue weighted by atomic mass is 19.1. The third kappa shape index (κ3) is 5.26. The summed E-state index contributed by atoms with van der Waals surface area (Å²) >= 11 is 0. The van der Waals surface area contributed by atoms with Crippen LogP contribution in [0.2, 0.25) is 0 Å². The summed E-state index contributed by atoms with van der Waals surface area (Å²) in [5.41, 5.74) is 3.22. The lowest BCUT2D eigenvalue weighted by molar-refractivity contribution is -0.116. The number of carbonyl (C=O) groups excluding carboxylic acids is 1. The molecule has 1 N–H and O–H groups in total. The van der Waals surface area contributed by atoms with Gasteiger partial charge >= 0.3 is 0 Å². The van der Waals surface area contributed by atoms with Crippen molar-refractivity contribution in [3.63, 3.8) is 0 Å². The predicted octanol–water partition coefficient (Wildman–Crippen LogP) is 3.75. The summed E-state index contributed by atoms with van der Waals surface area (Å²) in [6.07, 6.45) is 5.71. The normalized spacial score (nSPS) is 14.9. The van der Waals surface area contributed by atoms with E-state index < -0.39 is 0 Å². The third-order valence-corrected chi connectivity index (χ3v) is 4.46. The van der Waals surface area contributed by atoms with Gasteiger partial charge in [0.2, 0.25) is 5.91 Å². The minimum Gasteiger partial charge on any atom is -0.348 e. The number of nitrogens with zero attached hydrogens (tertiary/aromatic N) is 1. The summed E-state index contributed by atoms with van der Waals surface area (Å²) in [4.78, 5) is 14.5. The van der Waals surface area contributed by atoms with Crippen molar-refractivity contribution in [1.29, 1.82) is 0 Å². The molecule has 130 valence electrons. The Bertz CT molecular complexity index is 734. The van der Waals surface area contributed by atoms with Crippen LogP contribution in [-0.2, 0) is 17.9 Å². The van der Waals surface area contributed by atoms with Gasteiger partial charge < -0.3 is 5.32 Å². The highest BCUT2D eigenvalue weighted by molar-refractivity contribution is 5.91.